The minimum absolute atomic E-state index is 0.194. The molecule has 150 valence electrons. The fourth-order valence-corrected chi connectivity index (χ4v) is 3.19. The number of rotatable bonds is 1. The quantitative estimate of drug-likeness (QED) is 0.667. The number of aromatic nitrogens is 3. The van der Waals surface area contributed by atoms with E-state index in [4.69, 9.17) is 10.5 Å². The summed E-state index contributed by atoms with van der Waals surface area (Å²) in [5.74, 6) is -0.270. The van der Waals surface area contributed by atoms with Crippen molar-refractivity contribution in [2.45, 2.75) is 57.7 Å². The fourth-order valence-electron chi connectivity index (χ4n) is 3.19. The molecule has 1 aromatic carbocycles. The van der Waals surface area contributed by atoms with E-state index in [2.05, 4.69) is 15.4 Å². The van der Waals surface area contributed by atoms with Crippen LogP contribution in [0.1, 0.15) is 40.0 Å². The normalized spacial score (nSPS) is 19.3. The second-order valence-electron chi connectivity index (χ2n) is 7.99. The Morgan fingerprint density at radius 1 is 1.32 bits per heavy atom. The van der Waals surface area contributed by atoms with Gasteiger partial charge < -0.3 is 15.8 Å². The Bertz CT molecular complexity index is 966. The number of nitrogens with zero attached hydrogens (tertiary/aromatic N) is 3. The van der Waals surface area contributed by atoms with Crippen LogP contribution in [0, 0.1) is 5.82 Å². The summed E-state index contributed by atoms with van der Waals surface area (Å²) in [7, 11) is 0. The van der Waals surface area contributed by atoms with Crippen molar-refractivity contribution in [3.05, 3.63) is 42.6 Å². The zero-order valence-corrected chi connectivity index (χ0v) is 16.4. The molecule has 2 heterocycles. The molecule has 1 fully saturated rings. The molecule has 7 nitrogen and oxygen atoms in total. The average Bonchev–Trinajstić information content (AvgIpc) is 3.16. The van der Waals surface area contributed by atoms with Crippen molar-refractivity contribution in [2.24, 2.45) is 5.73 Å². The van der Waals surface area contributed by atoms with Crippen LogP contribution in [0.3, 0.4) is 0 Å². The molecule has 28 heavy (non-hydrogen) atoms. The number of carbonyl (C=O) groups excluding carboxylic acids is 1. The Hall–Kier alpha value is -2.74. The van der Waals surface area contributed by atoms with Crippen LogP contribution < -0.4 is 11.1 Å². The number of alkyl carbamates (subject to hydrolysis) is 1. The average molecular weight is 387 g/mol. The van der Waals surface area contributed by atoms with Crippen LogP contribution in [0.15, 0.2) is 36.8 Å². The van der Waals surface area contributed by atoms with Gasteiger partial charge in [0.05, 0.1) is 11.0 Å². The van der Waals surface area contributed by atoms with Gasteiger partial charge in [-0.2, -0.15) is 5.10 Å². The highest BCUT2D eigenvalue weighted by molar-refractivity contribution is 5.93. The third-order valence-corrected chi connectivity index (χ3v) is 4.39. The van der Waals surface area contributed by atoms with Crippen LogP contribution in [-0.2, 0) is 4.74 Å². The van der Waals surface area contributed by atoms with Crippen LogP contribution >= 0.6 is 0 Å². The van der Waals surface area contributed by atoms with Gasteiger partial charge in [-0.3, -0.25) is 0 Å². The molecule has 0 spiro atoms. The Morgan fingerprint density at radius 2 is 2.11 bits per heavy atom. The Morgan fingerprint density at radius 3 is 2.79 bits per heavy atom. The minimum Gasteiger partial charge on any atom is -0.444 e. The number of halogens is 1. The molecule has 3 N–H and O–H groups in total. The maximum absolute atomic E-state index is 12.9. The lowest BCUT2D eigenvalue weighted by Gasteiger charge is -2.21. The van der Waals surface area contributed by atoms with Crippen LogP contribution in [0.4, 0.5) is 9.18 Å². The van der Waals surface area contributed by atoms with E-state index in [0.29, 0.717) is 5.52 Å². The molecule has 2 atom stereocenters. The van der Waals surface area contributed by atoms with Crippen molar-refractivity contribution in [1.29, 1.82) is 0 Å². The number of ether oxygens (including phenoxy) is 1. The van der Waals surface area contributed by atoms with Crippen molar-refractivity contribution < 1.29 is 13.9 Å². The molecule has 0 radical (unpaired) electrons. The van der Waals surface area contributed by atoms with E-state index in [9.17, 15) is 9.18 Å². The van der Waals surface area contributed by atoms with Gasteiger partial charge in [-0.25, -0.2) is 18.7 Å². The molecule has 4 rings (SSSR count). The fraction of sp³-hybridized carbons (Fsp3) is 0.450. The van der Waals surface area contributed by atoms with E-state index in [1.807, 2.05) is 26.8 Å². The standard InChI is InChI=1S/C10H6FN3.C10H20N2O2/c11-7-1-2-8-9(5-7)13-14-6-12-4-3-10(8)14;1-10(2,3)14-9(13)12-8-5-4-7(11)6-8/h1-6H;7-8H,4-6,11H2,1-3H3,(H,12,13). The highest BCUT2D eigenvalue weighted by Gasteiger charge is 2.25. The Kier molecular flexibility index (Phi) is 5.79. The van der Waals surface area contributed by atoms with E-state index in [0.717, 1.165) is 30.2 Å². The van der Waals surface area contributed by atoms with Crippen LogP contribution in [0.25, 0.3) is 16.4 Å². The molecule has 3 aromatic rings. The van der Waals surface area contributed by atoms with Gasteiger partial charge in [0.15, 0.2) is 0 Å². The van der Waals surface area contributed by atoms with Gasteiger partial charge >= 0.3 is 6.09 Å². The first-order valence-corrected chi connectivity index (χ1v) is 9.34. The zero-order valence-electron chi connectivity index (χ0n) is 16.4. The Balaban J connectivity index is 0.000000161. The summed E-state index contributed by atoms with van der Waals surface area (Å²) in [5.41, 5.74) is 6.90. The van der Waals surface area contributed by atoms with E-state index in [1.165, 1.54) is 12.1 Å². The second kappa shape index (κ2) is 8.10. The molecule has 8 heteroatoms. The molecule has 0 saturated heterocycles. The summed E-state index contributed by atoms with van der Waals surface area (Å²) < 4.78 is 19.7. The molecular formula is C20H26FN5O2. The van der Waals surface area contributed by atoms with Crippen molar-refractivity contribution in [3.8, 4) is 0 Å². The van der Waals surface area contributed by atoms with Crippen LogP contribution in [0.5, 0.6) is 0 Å². The largest absolute Gasteiger partial charge is 0.444 e. The van der Waals surface area contributed by atoms with Gasteiger partial charge in [0.2, 0.25) is 0 Å². The van der Waals surface area contributed by atoms with Gasteiger partial charge in [-0.1, -0.05) is 0 Å². The smallest absolute Gasteiger partial charge is 0.407 e. The summed E-state index contributed by atoms with van der Waals surface area (Å²) in [6.45, 7) is 5.56. The minimum atomic E-state index is -0.426. The molecular weight excluding hydrogens is 361 g/mol. The highest BCUT2D eigenvalue weighted by atomic mass is 19.1. The van der Waals surface area contributed by atoms with Crippen LogP contribution in [-0.4, -0.2) is 38.4 Å². The van der Waals surface area contributed by atoms with Gasteiger partial charge in [-0.15, -0.1) is 0 Å². The van der Waals surface area contributed by atoms with Gasteiger partial charge in [0, 0.05) is 29.7 Å². The number of nitrogens with one attached hydrogen (secondary N) is 1. The second-order valence-corrected chi connectivity index (χ2v) is 7.99. The predicted octanol–water partition coefficient (Wildman–Crippen LogP) is 3.41. The third-order valence-electron chi connectivity index (χ3n) is 4.39. The van der Waals surface area contributed by atoms with Gasteiger partial charge in [0.1, 0.15) is 17.7 Å². The molecule has 2 aromatic heterocycles. The summed E-state index contributed by atoms with van der Waals surface area (Å²) >= 11 is 0. The summed E-state index contributed by atoms with van der Waals surface area (Å²) in [6.07, 6.45) is 5.77. The zero-order chi connectivity index (χ0) is 20.3. The molecule has 1 amide bonds. The first-order chi connectivity index (χ1) is 13.2. The van der Waals surface area contributed by atoms with E-state index in [-0.39, 0.29) is 24.0 Å². The molecule has 1 aliphatic carbocycles. The molecule has 1 saturated carbocycles. The lowest BCUT2D eigenvalue weighted by Crippen LogP contribution is -2.38. The topological polar surface area (TPSA) is 94.5 Å². The number of nitrogens with two attached hydrogens (primary N) is 1. The molecule has 2 unspecified atom stereocenters. The maximum Gasteiger partial charge on any atom is 0.407 e. The highest BCUT2D eigenvalue weighted by Crippen LogP contribution is 2.19. The first kappa shape index (κ1) is 20.0. The number of fused-ring (bicyclic) bond motifs is 3. The summed E-state index contributed by atoms with van der Waals surface area (Å²) in [5, 5.41) is 7.95. The molecule has 1 aliphatic rings. The van der Waals surface area contributed by atoms with E-state index in [1.54, 1.807) is 23.1 Å². The first-order valence-electron chi connectivity index (χ1n) is 9.34. The number of hydrogen-bond donors (Lipinski definition) is 2. The third kappa shape index (κ3) is 5.16. The van der Waals surface area contributed by atoms with Gasteiger partial charge in [-0.05, 0) is 58.2 Å². The molecule has 0 aliphatic heterocycles. The lowest BCUT2D eigenvalue weighted by atomic mass is 10.2. The van der Waals surface area contributed by atoms with Crippen LogP contribution in [0.2, 0.25) is 0 Å². The van der Waals surface area contributed by atoms with E-state index < -0.39 is 5.60 Å². The monoisotopic (exact) mass is 387 g/mol. The van der Waals surface area contributed by atoms with Crippen molar-refractivity contribution in [3.63, 3.8) is 0 Å². The summed E-state index contributed by atoms with van der Waals surface area (Å²) in [6, 6.07) is 6.86. The number of benzene rings is 1. The lowest BCUT2D eigenvalue weighted by molar-refractivity contribution is 0.0505. The molecule has 0 bridgehead atoms. The van der Waals surface area contributed by atoms with E-state index >= 15 is 0 Å². The number of hydrogen-bond acceptors (Lipinski definition) is 5. The van der Waals surface area contributed by atoms with Crippen molar-refractivity contribution in [1.82, 2.24) is 19.9 Å². The SMILES string of the molecule is CC(C)(C)OC(=O)NC1CCC(N)C1.Fc1ccc2c(c1)nn1cnccc21. The van der Waals surface area contributed by atoms with Crippen molar-refractivity contribution in [2.75, 3.05) is 0 Å². The number of amides is 1. The Labute approximate surface area is 163 Å². The maximum atomic E-state index is 12.9. The van der Waals surface area contributed by atoms with Gasteiger partial charge in [0.25, 0.3) is 0 Å². The van der Waals surface area contributed by atoms with Crippen molar-refractivity contribution >= 4 is 22.5 Å². The summed E-state index contributed by atoms with van der Waals surface area (Å²) in [4.78, 5) is 15.3. The number of carbonyl (C=O) groups is 1. The predicted molar refractivity (Wildman–Crippen MR) is 105 cm³/mol.